The van der Waals surface area contributed by atoms with Gasteiger partial charge in [0, 0.05) is 30.2 Å². The highest BCUT2D eigenvalue weighted by molar-refractivity contribution is 7.92. The third-order valence-corrected chi connectivity index (χ3v) is 7.10. The van der Waals surface area contributed by atoms with Crippen molar-refractivity contribution in [3.63, 3.8) is 0 Å². The monoisotopic (exact) mass is 450 g/mol. The molecule has 0 unspecified atom stereocenters. The Hall–Kier alpha value is -3.46. The van der Waals surface area contributed by atoms with Crippen LogP contribution in [0.5, 0.6) is 5.88 Å². The predicted molar refractivity (Wildman–Crippen MR) is 119 cm³/mol. The highest BCUT2D eigenvalue weighted by Gasteiger charge is 2.30. The Morgan fingerprint density at radius 2 is 1.81 bits per heavy atom. The number of hydrogen-bond donors (Lipinski definition) is 1. The van der Waals surface area contributed by atoms with Crippen LogP contribution >= 0.6 is 0 Å². The summed E-state index contributed by atoms with van der Waals surface area (Å²) in [5.41, 5.74) is 3.79. The Morgan fingerprint density at radius 3 is 2.59 bits per heavy atom. The van der Waals surface area contributed by atoms with Crippen molar-refractivity contribution in [2.24, 2.45) is 0 Å². The molecule has 5 rings (SSSR count). The van der Waals surface area contributed by atoms with E-state index in [-0.39, 0.29) is 28.7 Å². The van der Waals surface area contributed by atoms with Crippen LogP contribution in [-0.2, 0) is 10.0 Å². The fourth-order valence-corrected chi connectivity index (χ4v) is 5.20. The molecule has 0 spiro atoms. The number of hydrogen-bond acceptors (Lipinski definition) is 6. The average Bonchev–Trinajstić information content (AvgIpc) is 3.20. The normalized spacial score (nSPS) is 19.2. The molecule has 0 aliphatic carbocycles. The van der Waals surface area contributed by atoms with E-state index >= 15 is 0 Å². The van der Waals surface area contributed by atoms with Crippen molar-refractivity contribution in [1.29, 1.82) is 0 Å². The number of benzene rings is 2. The molecule has 3 aromatic rings. The Balaban J connectivity index is 1.68. The zero-order valence-electron chi connectivity index (χ0n) is 17.7. The summed E-state index contributed by atoms with van der Waals surface area (Å²) >= 11 is 0. The quantitative estimate of drug-likeness (QED) is 0.611. The maximum Gasteiger partial charge on any atom is 0.264 e. The van der Waals surface area contributed by atoms with Gasteiger partial charge >= 0.3 is 0 Å². The molecule has 2 aliphatic heterocycles. The molecule has 9 heteroatoms. The maximum absolute atomic E-state index is 13.1. The molecule has 1 saturated heterocycles. The van der Waals surface area contributed by atoms with Crippen molar-refractivity contribution in [3.05, 3.63) is 65.2 Å². The number of aromatic nitrogens is 2. The molecule has 1 fully saturated rings. The smallest absolute Gasteiger partial charge is 0.264 e. The number of sulfonamides is 1. The summed E-state index contributed by atoms with van der Waals surface area (Å²) in [5.74, 6) is -0.0343. The first-order chi connectivity index (χ1) is 15.3. The minimum atomic E-state index is -4.02. The number of nitrogens with one attached hydrogen (secondary N) is 1. The molecule has 2 aliphatic rings. The van der Waals surface area contributed by atoms with E-state index in [9.17, 15) is 13.2 Å². The van der Waals surface area contributed by atoms with Gasteiger partial charge in [-0.1, -0.05) is 24.3 Å². The lowest BCUT2D eigenvalue weighted by molar-refractivity contribution is 0.0771. The third-order valence-electron chi connectivity index (χ3n) is 5.78. The summed E-state index contributed by atoms with van der Waals surface area (Å²) in [7, 11) is -4.02. The van der Waals surface area contributed by atoms with Crippen LogP contribution in [0.3, 0.4) is 0 Å². The number of carbonyl (C=O) groups excluding carboxylic acids is 1. The van der Waals surface area contributed by atoms with Gasteiger partial charge in [0.05, 0.1) is 17.1 Å². The fourth-order valence-electron chi connectivity index (χ4n) is 4.22. The number of anilines is 1. The molecule has 3 heterocycles. The van der Waals surface area contributed by atoms with Crippen molar-refractivity contribution in [3.8, 4) is 17.1 Å². The van der Waals surface area contributed by atoms with Crippen LogP contribution in [0.1, 0.15) is 27.9 Å². The van der Waals surface area contributed by atoms with Gasteiger partial charge in [-0.15, -0.1) is 0 Å². The zero-order valence-corrected chi connectivity index (χ0v) is 18.5. The maximum atomic E-state index is 13.1. The van der Waals surface area contributed by atoms with Gasteiger partial charge < -0.3 is 9.64 Å². The van der Waals surface area contributed by atoms with Crippen molar-refractivity contribution in [1.82, 2.24) is 14.9 Å². The number of carbonyl (C=O) groups is 1. The number of aryl methyl sites for hydroxylation is 2. The lowest BCUT2D eigenvalue weighted by atomic mass is 10.00. The number of fused-ring (bicyclic) bond motifs is 6. The highest BCUT2D eigenvalue weighted by atomic mass is 32.2. The van der Waals surface area contributed by atoms with Gasteiger partial charge in [0.1, 0.15) is 6.10 Å². The molecule has 1 atom stereocenters. The van der Waals surface area contributed by atoms with Crippen LogP contribution < -0.4 is 9.46 Å². The molecule has 1 amide bonds. The van der Waals surface area contributed by atoms with Crippen LogP contribution in [0.25, 0.3) is 11.3 Å². The lowest BCUT2D eigenvalue weighted by Crippen LogP contribution is -2.31. The average molecular weight is 451 g/mol. The largest absolute Gasteiger partial charge is 0.472 e. The first-order valence-electron chi connectivity index (χ1n) is 10.3. The van der Waals surface area contributed by atoms with E-state index in [1.54, 1.807) is 23.1 Å². The molecular weight excluding hydrogens is 428 g/mol. The third kappa shape index (κ3) is 3.69. The Labute approximate surface area is 186 Å². The molecule has 0 saturated carbocycles. The molecule has 0 radical (unpaired) electrons. The first kappa shape index (κ1) is 20.4. The van der Waals surface area contributed by atoms with Gasteiger partial charge in [-0.05, 0) is 43.2 Å². The van der Waals surface area contributed by atoms with Crippen LogP contribution in [0.15, 0.2) is 53.4 Å². The summed E-state index contributed by atoms with van der Waals surface area (Å²) in [6, 6.07) is 13.6. The molecule has 32 heavy (non-hydrogen) atoms. The van der Waals surface area contributed by atoms with Crippen molar-refractivity contribution < 1.29 is 17.9 Å². The number of rotatable bonds is 1. The zero-order chi connectivity index (χ0) is 22.5. The number of amides is 1. The molecule has 164 valence electrons. The van der Waals surface area contributed by atoms with Gasteiger partial charge in [0.25, 0.3) is 15.9 Å². The second kappa shape index (κ2) is 7.59. The molecule has 6 bridgehead atoms. The minimum absolute atomic E-state index is 0.0260. The molecule has 1 N–H and O–H groups in total. The van der Waals surface area contributed by atoms with E-state index in [1.165, 1.54) is 12.1 Å². The minimum Gasteiger partial charge on any atom is -0.472 e. The number of ether oxygens (including phenoxy) is 1. The Bertz CT molecular complexity index is 1320. The van der Waals surface area contributed by atoms with Gasteiger partial charge in [0.2, 0.25) is 11.8 Å². The second-order valence-electron chi connectivity index (χ2n) is 8.09. The van der Waals surface area contributed by atoms with E-state index in [2.05, 4.69) is 14.7 Å². The Kier molecular flexibility index (Phi) is 4.85. The predicted octanol–water partition coefficient (Wildman–Crippen LogP) is 3.17. The summed E-state index contributed by atoms with van der Waals surface area (Å²) in [4.78, 5) is 23.4. The summed E-state index contributed by atoms with van der Waals surface area (Å²) in [6.45, 7) is 4.88. The van der Waals surface area contributed by atoms with Crippen LogP contribution in [0.4, 0.5) is 5.95 Å². The van der Waals surface area contributed by atoms with E-state index in [0.717, 1.165) is 16.7 Å². The van der Waals surface area contributed by atoms with Gasteiger partial charge in [0.15, 0.2) is 0 Å². The van der Waals surface area contributed by atoms with Crippen molar-refractivity contribution in [2.75, 3.05) is 17.8 Å². The molecule has 2 aromatic carbocycles. The molecule has 1 aromatic heterocycles. The summed E-state index contributed by atoms with van der Waals surface area (Å²) in [5, 5.41) is 0. The molecule has 8 nitrogen and oxygen atoms in total. The summed E-state index contributed by atoms with van der Waals surface area (Å²) < 4.78 is 34.7. The van der Waals surface area contributed by atoms with E-state index < -0.39 is 10.0 Å². The van der Waals surface area contributed by atoms with E-state index in [4.69, 9.17) is 4.74 Å². The van der Waals surface area contributed by atoms with Gasteiger partial charge in [-0.3, -0.25) is 4.79 Å². The van der Waals surface area contributed by atoms with E-state index in [0.29, 0.717) is 30.8 Å². The fraction of sp³-hybridized carbons (Fsp3) is 0.261. The SMILES string of the molecule is Cc1cccc(C)c1-c1cc2nc(n1)NS(=O)(=O)c1cccc(c1)C(=O)N1CC[C@@H](C1)O2. The van der Waals surface area contributed by atoms with Crippen LogP contribution in [0.2, 0.25) is 0 Å². The first-order valence-corrected chi connectivity index (χ1v) is 11.8. The number of nitrogens with zero attached hydrogens (tertiary/aromatic N) is 3. The second-order valence-corrected chi connectivity index (χ2v) is 9.78. The van der Waals surface area contributed by atoms with Gasteiger partial charge in [-0.25, -0.2) is 18.1 Å². The lowest BCUT2D eigenvalue weighted by Gasteiger charge is -2.17. The van der Waals surface area contributed by atoms with Crippen LogP contribution in [-0.4, -0.2) is 48.4 Å². The Morgan fingerprint density at radius 1 is 1.06 bits per heavy atom. The van der Waals surface area contributed by atoms with Crippen LogP contribution in [0, 0.1) is 13.8 Å². The standard InChI is InChI=1S/C23H22N4O4S/c1-14-5-3-6-15(2)21(14)19-12-20-25-23(24-19)26-32(29,30)18-8-4-7-16(11-18)22(28)27-10-9-17(13-27)31-20/h3-8,11-12,17H,9-10,13H2,1-2H3,(H,24,25,26)/t17-/m0/s1. The van der Waals surface area contributed by atoms with Crippen molar-refractivity contribution in [2.45, 2.75) is 31.3 Å². The van der Waals surface area contributed by atoms with E-state index in [1.807, 2.05) is 32.0 Å². The highest BCUT2D eigenvalue weighted by Crippen LogP contribution is 2.30. The van der Waals surface area contributed by atoms with Gasteiger partial charge in [-0.2, -0.15) is 4.98 Å². The molecular formula is C23H22N4O4S. The topological polar surface area (TPSA) is 101 Å². The summed E-state index contributed by atoms with van der Waals surface area (Å²) in [6.07, 6.45) is 0.419. The van der Waals surface area contributed by atoms with Crippen molar-refractivity contribution >= 4 is 21.9 Å².